The van der Waals surface area contributed by atoms with Gasteiger partial charge in [-0.25, -0.2) is 0 Å². The fourth-order valence-corrected chi connectivity index (χ4v) is 3.91. The van der Waals surface area contributed by atoms with Crippen molar-refractivity contribution in [1.82, 2.24) is 19.6 Å². The van der Waals surface area contributed by atoms with E-state index in [1.807, 2.05) is 31.1 Å². The minimum Gasteiger partial charge on any atom is -0.341 e. The van der Waals surface area contributed by atoms with Gasteiger partial charge < -0.3 is 4.90 Å². The van der Waals surface area contributed by atoms with Crippen molar-refractivity contribution in [3.8, 4) is 0 Å². The Kier molecular flexibility index (Phi) is 6.22. The van der Waals surface area contributed by atoms with Crippen molar-refractivity contribution in [3.05, 3.63) is 51.8 Å². The van der Waals surface area contributed by atoms with Gasteiger partial charge in [0.1, 0.15) is 0 Å². The van der Waals surface area contributed by atoms with Gasteiger partial charge in [-0.2, -0.15) is 5.10 Å². The molecule has 140 valence electrons. The fraction of sp³-hybridized carbons (Fsp3) is 0.474. The van der Waals surface area contributed by atoms with Crippen LogP contribution in [0.1, 0.15) is 28.8 Å². The Labute approximate surface area is 164 Å². The van der Waals surface area contributed by atoms with Crippen molar-refractivity contribution in [2.24, 2.45) is 13.0 Å². The summed E-state index contributed by atoms with van der Waals surface area (Å²) in [7, 11) is 3.69. The predicted octanol–water partition coefficient (Wildman–Crippen LogP) is 3.71. The third-order valence-electron chi connectivity index (χ3n) is 4.95. The monoisotopic (exact) mass is 394 g/mol. The van der Waals surface area contributed by atoms with Gasteiger partial charge in [-0.3, -0.25) is 14.4 Å². The Morgan fingerprint density at radius 2 is 2.04 bits per heavy atom. The average Bonchev–Trinajstić information content (AvgIpc) is 3.04. The van der Waals surface area contributed by atoms with E-state index in [1.165, 1.54) is 0 Å². The van der Waals surface area contributed by atoms with E-state index in [0.717, 1.165) is 49.6 Å². The molecule has 0 saturated carbocycles. The number of aromatic nitrogens is 2. The molecule has 0 atom stereocenters. The molecule has 5 nitrogen and oxygen atoms in total. The summed E-state index contributed by atoms with van der Waals surface area (Å²) in [4.78, 5) is 16.7. The van der Waals surface area contributed by atoms with Crippen molar-refractivity contribution < 1.29 is 4.79 Å². The number of halogens is 2. The summed E-state index contributed by atoms with van der Waals surface area (Å²) >= 11 is 12.2. The van der Waals surface area contributed by atoms with E-state index in [0.29, 0.717) is 16.5 Å². The van der Waals surface area contributed by atoms with Crippen molar-refractivity contribution in [2.75, 3.05) is 26.7 Å². The van der Waals surface area contributed by atoms with Crippen LogP contribution in [-0.4, -0.2) is 52.2 Å². The highest BCUT2D eigenvalue weighted by Gasteiger charge is 2.23. The lowest BCUT2D eigenvalue weighted by Crippen LogP contribution is -2.39. The van der Waals surface area contributed by atoms with Crippen LogP contribution in [0.5, 0.6) is 0 Å². The summed E-state index contributed by atoms with van der Waals surface area (Å²) in [6.07, 6.45) is 5.54. The number of carbonyl (C=O) groups is 1. The lowest BCUT2D eigenvalue weighted by molar-refractivity contribution is 0.0737. The molecule has 2 heterocycles. The predicted molar refractivity (Wildman–Crippen MR) is 105 cm³/mol. The Bertz CT molecular complexity index is 769. The molecule has 1 aliphatic heterocycles. The standard InChI is InChI=1S/C19H24Cl2N4O/c1-23(19(26)16-10-22-24(2)12-16)11-14-5-7-25(8-6-14)13-15-3-4-17(20)9-18(15)21/h3-4,9-10,12,14H,5-8,11,13H2,1-2H3. The Hall–Kier alpha value is -1.56. The second kappa shape index (κ2) is 8.42. The van der Waals surface area contributed by atoms with E-state index < -0.39 is 0 Å². The van der Waals surface area contributed by atoms with E-state index in [9.17, 15) is 4.79 Å². The van der Waals surface area contributed by atoms with E-state index in [2.05, 4.69) is 10.00 Å². The van der Waals surface area contributed by atoms with E-state index in [1.54, 1.807) is 23.1 Å². The van der Waals surface area contributed by atoms with Gasteiger partial charge >= 0.3 is 0 Å². The molecule has 1 aromatic carbocycles. The molecule has 0 unspecified atom stereocenters. The highest BCUT2D eigenvalue weighted by atomic mass is 35.5. The molecule has 3 rings (SSSR count). The van der Waals surface area contributed by atoms with Crippen LogP contribution in [0.2, 0.25) is 10.0 Å². The van der Waals surface area contributed by atoms with E-state index in [4.69, 9.17) is 23.2 Å². The average molecular weight is 395 g/mol. The van der Waals surface area contributed by atoms with Gasteiger partial charge in [0.2, 0.25) is 0 Å². The minimum absolute atomic E-state index is 0.0356. The zero-order valence-corrected chi connectivity index (χ0v) is 16.7. The lowest BCUT2D eigenvalue weighted by Gasteiger charge is -2.34. The Morgan fingerprint density at radius 1 is 1.31 bits per heavy atom. The second-order valence-electron chi connectivity index (χ2n) is 7.04. The fourth-order valence-electron chi connectivity index (χ4n) is 3.44. The first kappa shape index (κ1) is 19.2. The molecule has 26 heavy (non-hydrogen) atoms. The van der Waals surface area contributed by atoms with E-state index in [-0.39, 0.29) is 5.91 Å². The molecule has 1 saturated heterocycles. The minimum atomic E-state index is 0.0356. The number of hydrogen-bond acceptors (Lipinski definition) is 3. The summed E-state index contributed by atoms with van der Waals surface area (Å²) in [6.45, 7) is 3.65. The maximum absolute atomic E-state index is 12.4. The zero-order valence-electron chi connectivity index (χ0n) is 15.2. The summed E-state index contributed by atoms with van der Waals surface area (Å²) in [6, 6.07) is 5.68. The van der Waals surface area contributed by atoms with Crippen LogP contribution < -0.4 is 0 Å². The molecule has 7 heteroatoms. The molecule has 1 fully saturated rings. The van der Waals surface area contributed by atoms with Gasteiger partial charge in [-0.05, 0) is 49.5 Å². The largest absolute Gasteiger partial charge is 0.341 e. The van der Waals surface area contributed by atoms with Crippen LogP contribution in [-0.2, 0) is 13.6 Å². The van der Waals surface area contributed by atoms with Gasteiger partial charge in [-0.15, -0.1) is 0 Å². The topological polar surface area (TPSA) is 41.4 Å². The van der Waals surface area contributed by atoms with Gasteiger partial charge in [0.15, 0.2) is 0 Å². The normalized spacial score (nSPS) is 16.0. The van der Waals surface area contributed by atoms with Crippen LogP contribution in [0, 0.1) is 5.92 Å². The first-order valence-electron chi connectivity index (χ1n) is 8.83. The highest BCUT2D eigenvalue weighted by Crippen LogP contribution is 2.25. The lowest BCUT2D eigenvalue weighted by atomic mass is 9.95. The van der Waals surface area contributed by atoms with Crippen LogP contribution >= 0.6 is 23.2 Å². The highest BCUT2D eigenvalue weighted by molar-refractivity contribution is 6.35. The summed E-state index contributed by atoms with van der Waals surface area (Å²) in [5.41, 5.74) is 1.75. The van der Waals surface area contributed by atoms with E-state index >= 15 is 0 Å². The quantitative estimate of drug-likeness (QED) is 0.775. The molecule has 0 radical (unpaired) electrons. The maximum Gasteiger partial charge on any atom is 0.256 e. The number of likely N-dealkylation sites (tertiary alicyclic amines) is 1. The third-order valence-corrected chi connectivity index (χ3v) is 5.53. The van der Waals surface area contributed by atoms with Crippen LogP contribution in [0.4, 0.5) is 0 Å². The zero-order chi connectivity index (χ0) is 18.7. The molecule has 0 spiro atoms. The molecular weight excluding hydrogens is 371 g/mol. The number of nitrogens with zero attached hydrogens (tertiary/aromatic N) is 4. The molecule has 0 bridgehead atoms. The second-order valence-corrected chi connectivity index (χ2v) is 7.89. The smallest absolute Gasteiger partial charge is 0.256 e. The van der Waals surface area contributed by atoms with Gasteiger partial charge in [-0.1, -0.05) is 29.3 Å². The Morgan fingerprint density at radius 3 is 2.65 bits per heavy atom. The number of aryl methyl sites for hydroxylation is 1. The molecule has 0 aliphatic carbocycles. The number of rotatable bonds is 5. The summed E-state index contributed by atoms with van der Waals surface area (Å²) < 4.78 is 1.65. The van der Waals surface area contributed by atoms with Crippen molar-refractivity contribution in [2.45, 2.75) is 19.4 Å². The van der Waals surface area contributed by atoms with Gasteiger partial charge in [0, 0.05) is 43.4 Å². The van der Waals surface area contributed by atoms with Crippen LogP contribution in [0.3, 0.4) is 0 Å². The molecule has 1 aliphatic rings. The number of benzene rings is 1. The van der Waals surface area contributed by atoms with Crippen molar-refractivity contribution >= 4 is 29.1 Å². The first-order chi connectivity index (χ1) is 12.4. The molecule has 2 aromatic rings. The maximum atomic E-state index is 12.4. The number of carbonyl (C=O) groups excluding carboxylic acids is 1. The van der Waals surface area contributed by atoms with Crippen LogP contribution in [0.25, 0.3) is 0 Å². The Balaban J connectivity index is 1.48. The van der Waals surface area contributed by atoms with Crippen molar-refractivity contribution in [3.63, 3.8) is 0 Å². The number of piperidine rings is 1. The molecular formula is C19H24Cl2N4O. The SMILES string of the molecule is CN(CC1CCN(Cc2ccc(Cl)cc2Cl)CC1)C(=O)c1cnn(C)c1. The third kappa shape index (κ3) is 4.78. The summed E-state index contributed by atoms with van der Waals surface area (Å²) in [5, 5.41) is 5.46. The molecule has 1 amide bonds. The molecule has 1 aromatic heterocycles. The number of amides is 1. The van der Waals surface area contributed by atoms with Crippen molar-refractivity contribution in [1.29, 1.82) is 0 Å². The summed E-state index contributed by atoms with van der Waals surface area (Å²) in [5.74, 6) is 0.561. The molecule has 0 N–H and O–H groups in total. The van der Waals surface area contributed by atoms with Gasteiger partial charge in [0.05, 0.1) is 11.8 Å². The van der Waals surface area contributed by atoms with Crippen LogP contribution in [0.15, 0.2) is 30.6 Å². The first-order valence-corrected chi connectivity index (χ1v) is 9.58. The number of hydrogen-bond donors (Lipinski definition) is 0. The van der Waals surface area contributed by atoms with Gasteiger partial charge in [0.25, 0.3) is 5.91 Å².